The lowest BCUT2D eigenvalue weighted by molar-refractivity contribution is -0.145. The Hall–Kier alpha value is -1.78. The Morgan fingerprint density at radius 1 is 1.47 bits per heavy atom. The molecule has 1 aromatic rings. The Morgan fingerprint density at radius 3 is 2.74 bits per heavy atom. The Balaban J connectivity index is 2.71. The van der Waals surface area contributed by atoms with E-state index >= 15 is 0 Å². The molecule has 0 radical (unpaired) electrons. The summed E-state index contributed by atoms with van der Waals surface area (Å²) >= 11 is 0. The predicted octanol–water partition coefficient (Wildman–Crippen LogP) is 1.78. The highest BCUT2D eigenvalue weighted by atomic mass is 16.5. The van der Waals surface area contributed by atoms with Crippen LogP contribution in [0.3, 0.4) is 0 Å². The number of hydrogen-bond donors (Lipinski definition) is 0. The predicted molar refractivity (Wildman–Crippen MR) is 72.9 cm³/mol. The number of aryl methyl sites for hydroxylation is 1. The normalized spacial score (nSPS) is 12.0. The molecule has 1 unspecified atom stereocenters. The molecule has 1 atom stereocenters. The lowest BCUT2D eigenvalue weighted by Crippen LogP contribution is -2.35. The number of esters is 1. The first kappa shape index (κ1) is 15.3. The summed E-state index contributed by atoms with van der Waals surface area (Å²) in [7, 11) is 3.05. The summed E-state index contributed by atoms with van der Waals surface area (Å²) in [5.74, 6) is -0.702. The molecule has 1 amide bonds. The average molecular weight is 266 g/mol. The van der Waals surface area contributed by atoms with Gasteiger partial charge >= 0.3 is 5.97 Å². The number of nitrogens with zero attached hydrogens (tertiary/aromatic N) is 2. The molecule has 5 nitrogen and oxygen atoms in total. The summed E-state index contributed by atoms with van der Waals surface area (Å²) in [6, 6.07) is 3.66. The first-order valence-corrected chi connectivity index (χ1v) is 6.49. The number of carbonyl (C=O) groups excluding carboxylic acids is 2. The van der Waals surface area contributed by atoms with Crippen molar-refractivity contribution in [2.45, 2.75) is 26.8 Å². The standard InChI is InChI=1S/C14H22N2O3/c1-5-8-16-9-6-7-12(16)13(17)15(3)10-11(2)14(18)19-4/h6-7,9,11H,5,8,10H2,1-4H3. The number of methoxy groups -OCH3 is 1. The molecule has 0 fully saturated rings. The molecule has 1 aromatic heterocycles. The molecule has 19 heavy (non-hydrogen) atoms. The summed E-state index contributed by atoms with van der Waals surface area (Å²) in [6.45, 7) is 4.98. The van der Waals surface area contributed by atoms with Gasteiger partial charge in [0.05, 0.1) is 13.0 Å². The maximum atomic E-state index is 12.3. The molecule has 1 heterocycles. The van der Waals surface area contributed by atoms with Crippen LogP contribution in [-0.2, 0) is 16.1 Å². The quantitative estimate of drug-likeness (QED) is 0.737. The highest BCUT2D eigenvalue weighted by Gasteiger charge is 2.21. The van der Waals surface area contributed by atoms with Crippen LogP contribution >= 0.6 is 0 Å². The summed E-state index contributed by atoms with van der Waals surface area (Å²) in [6.07, 6.45) is 2.87. The third-order valence-electron chi connectivity index (χ3n) is 3.01. The summed E-state index contributed by atoms with van der Waals surface area (Å²) in [4.78, 5) is 25.2. The highest BCUT2D eigenvalue weighted by molar-refractivity contribution is 5.92. The van der Waals surface area contributed by atoms with Crippen molar-refractivity contribution in [1.82, 2.24) is 9.47 Å². The lowest BCUT2D eigenvalue weighted by Gasteiger charge is -2.21. The van der Waals surface area contributed by atoms with E-state index < -0.39 is 0 Å². The van der Waals surface area contributed by atoms with E-state index in [1.165, 1.54) is 7.11 Å². The Labute approximate surface area is 114 Å². The number of aromatic nitrogens is 1. The highest BCUT2D eigenvalue weighted by Crippen LogP contribution is 2.09. The van der Waals surface area contributed by atoms with Crippen LogP contribution in [0.1, 0.15) is 30.8 Å². The Kier molecular flexibility index (Phi) is 5.60. The maximum absolute atomic E-state index is 12.3. The van der Waals surface area contributed by atoms with Gasteiger partial charge in [0.2, 0.25) is 0 Å². The van der Waals surface area contributed by atoms with Crippen LogP contribution < -0.4 is 0 Å². The van der Waals surface area contributed by atoms with Crippen molar-refractivity contribution in [1.29, 1.82) is 0 Å². The monoisotopic (exact) mass is 266 g/mol. The van der Waals surface area contributed by atoms with Crippen LogP contribution in [0.2, 0.25) is 0 Å². The smallest absolute Gasteiger partial charge is 0.310 e. The zero-order valence-electron chi connectivity index (χ0n) is 12.0. The first-order valence-electron chi connectivity index (χ1n) is 6.49. The van der Waals surface area contributed by atoms with Gasteiger partial charge in [-0.05, 0) is 18.6 Å². The number of amides is 1. The third-order valence-corrected chi connectivity index (χ3v) is 3.01. The van der Waals surface area contributed by atoms with Gasteiger partial charge in [0.1, 0.15) is 5.69 Å². The van der Waals surface area contributed by atoms with Crippen molar-refractivity contribution in [2.24, 2.45) is 5.92 Å². The maximum Gasteiger partial charge on any atom is 0.310 e. The molecule has 0 aliphatic heterocycles. The molecule has 0 aliphatic rings. The van der Waals surface area contributed by atoms with Crippen LogP contribution in [0.5, 0.6) is 0 Å². The van der Waals surface area contributed by atoms with E-state index in [4.69, 9.17) is 0 Å². The van der Waals surface area contributed by atoms with Gasteiger partial charge < -0.3 is 14.2 Å². The van der Waals surface area contributed by atoms with E-state index in [0.717, 1.165) is 13.0 Å². The zero-order chi connectivity index (χ0) is 14.4. The Morgan fingerprint density at radius 2 is 2.16 bits per heavy atom. The van der Waals surface area contributed by atoms with E-state index in [1.54, 1.807) is 24.9 Å². The summed E-state index contributed by atoms with van der Waals surface area (Å²) in [5.41, 5.74) is 0.654. The van der Waals surface area contributed by atoms with Crippen LogP contribution in [-0.4, -0.2) is 42.0 Å². The molecule has 0 bridgehead atoms. The van der Waals surface area contributed by atoms with Crippen LogP contribution in [0.25, 0.3) is 0 Å². The molecule has 0 spiro atoms. The van der Waals surface area contributed by atoms with Gasteiger partial charge in [-0.3, -0.25) is 9.59 Å². The van der Waals surface area contributed by atoms with Crippen LogP contribution in [0, 0.1) is 5.92 Å². The van der Waals surface area contributed by atoms with Gasteiger partial charge in [-0.25, -0.2) is 0 Å². The fraction of sp³-hybridized carbons (Fsp3) is 0.571. The second kappa shape index (κ2) is 6.97. The summed E-state index contributed by atoms with van der Waals surface area (Å²) < 4.78 is 6.60. The number of hydrogen-bond acceptors (Lipinski definition) is 3. The lowest BCUT2D eigenvalue weighted by atomic mass is 10.1. The van der Waals surface area contributed by atoms with E-state index in [-0.39, 0.29) is 17.8 Å². The van der Waals surface area contributed by atoms with Gasteiger partial charge in [0, 0.05) is 26.3 Å². The third kappa shape index (κ3) is 3.84. The molecule has 5 heteroatoms. The molecule has 0 aliphatic carbocycles. The minimum Gasteiger partial charge on any atom is -0.469 e. The second-order valence-electron chi connectivity index (χ2n) is 4.70. The minimum atomic E-state index is -0.325. The van der Waals surface area contributed by atoms with Crippen molar-refractivity contribution in [3.8, 4) is 0 Å². The number of rotatable bonds is 6. The SMILES string of the molecule is CCCn1cccc1C(=O)N(C)CC(C)C(=O)OC. The molecule has 0 N–H and O–H groups in total. The van der Waals surface area contributed by atoms with E-state index in [0.29, 0.717) is 12.2 Å². The molecular weight excluding hydrogens is 244 g/mol. The topological polar surface area (TPSA) is 51.5 Å². The molecule has 0 saturated heterocycles. The molecule has 106 valence electrons. The second-order valence-corrected chi connectivity index (χ2v) is 4.70. The fourth-order valence-electron chi connectivity index (χ4n) is 2.01. The number of ether oxygens (including phenoxy) is 1. The van der Waals surface area contributed by atoms with Gasteiger partial charge in [-0.15, -0.1) is 0 Å². The number of carbonyl (C=O) groups is 2. The van der Waals surface area contributed by atoms with Gasteiger partial charge in [0.25, 0.3) is 5.91 Å². The van der Waals surface area contributed by atoms with Gasteiger partial charge in [0.15, 0.2) is 0 Å². The van der Waals surface area contributed by atoms with Crippen LogP contribution in [0.4, 0.5) is 0 Å². The zero-order valence-corrected chi connectivity index (χ0v) is 12.0. The van der Waals surface area contributed by atoms with E-state index in [2.05, 4.69) is 11.7 Å². The van der Waals surface area contributed by atoms with Crippen LogP contribution in [0.15, 0.2) is 18.3 Å². The molecule has 0 saturated carbocycles. The van der Waals surface area contributed by atoms with Crippen molar-refractivity contribution >= 4 is 11.9 Å². The first-order chi connectivity index (χ1) is 9.01. The minimum absolute atomic E-state index is 0.0748. The average Bonchev–Trinajstić information content (AvgIpc) is 2.85. The molecular formula is C14H22N2O3. The van der Waals surface area contributed by atoms with Crippen molar-refractivity contribution in [3.05, 3.63) is 24.0 Å². The van der Waals surface area contributed by atoms with Crippen molar-refractivity contribution in [2.75, 3.05) is 20.7 Å². The van der Waals surface area contributed by atoms with Gasteiger partial charge in [-0.1, -0.05) is 13.8 Å². The summed E-state index contributed by atoms with van der Waals surface area (Å²) in [5, 5.41) is 0. The fourth-order valence-corrected chi connectivity index (χ4v) is 2.01. The molecule has 0 aromatic carbocycles. The van der Waals surface area contributed by atoms with Crippen molar-refractivity contribution in [3.63, 3.8) is 0 Å². The van der Waals surface area contributed by atoms with Gasteiger partial charge in [-0.2, -0.15) is 0 Å². The Bertz CT molecular complexity index is 440. The molecule has 1 rings (SSSR count). The largest absolute Gasteiger partial charge is 0.469 e. The van der Waals surface area contributed by atoms with E-state index in [1.807, 2.05) is 16.8 Å². The van der Waals surface area contributed by atoms with E-state index in [9.17, 15) is 9.59 Å². The van der Waals surface area contributed by atoms with Crippen molar-refractivity contribution < 1.29 is 14.3 Å².